The highest BCUT2D eigenvalue weighted by atomic mass is 28.4. The molecule has 0 aromatic heterocycles. The summed E-state index contributed by atoms with van der Waals surface area (Å²) < 4.78 is 14.2. The van der Waals surface area contributed by atoms with Crippen LogP contribution in [0.3, 0.4) is 0 Å². The Hall–Kier alpha value is -5.36. The van der Waals surface area contributed by atoms with Gasteiger partial charge in [0.1, 0.15) is 5.75 Å². The molecule has 9 rings (SSSR count). The van der Waals surface area contributed by atoms with Crippen LogP contribution in [0.4, 0.5) is 0 Å². The molecule has 2 amide bonds. The highest BCUT2D eigenvalue weighted by Crippen LogP contribution is 2.52. The van der Waals surface area contributed by atoms with E-state index in [1.807, 2.05) is 48.5 Å². The van der Waals surface area contributed by atoms with E-state index in [0.717, 1.165) is 60.3 Å². The molecule has 0 saturated carbocycles. The van der Waals surface area contributed by atoms with Gasteiger partial charge in [0.05, 0.1) is 24.5 Å². The van der Waals surface area contributed by atoms with Crippen LogP contribution in [0.25, 0.3) is 11.6 Å². The lowest BCUT2D eigenvalue weighted by atomic mass is 9.58. The highest BCUT2D eigenvalue weighted by molar-refractivity contribution is 6.99. The fraction of sp³-hybridized carbons (Fsp3) is 0.345. The van der Waals surface area contributed by atoms with E-state index in [9.17, 15) is 19.7 Å². The summed E-state index contributed by atoms with van der Waals surface area (Å²) >= 11 is 0. The van der Waals surface area contributed by atoms with Crippen LogP contribution in [0.15, 0.2) is 157 Å². The number of piperidine rings is 1. The SMILES string of the molecule is CC(C)(C)[Si](OCC1=C2[C@@H](CC/C(=C/c3cccc(O)c3)c3ccccc3)OB(O)C[C@@H]2[C@@H]2C(=O)N(C3CCN(Cc4ccccc4)CC3)C(=O)[C@@H]2C1)(c1ccccc1)c1ccccc1. The number of aromatic hydroxyl groups is 1. The highest BCUT2D eigenvalue weighted by Gasteiger charge is 2.59. The Bertz CT molecular complexity index is 2470. The molecule has 334 valence electrons. The van der Waals surface area contributed by atoms with Crippen molar-refractivity contribution in [3.63, 3.8) is 0 Å². The van der Waals surface area contributed by atoms with Crippen LogP contribution in [-0.2, 0) is 25.2 Å². The number of fused-ring (bicyclic) bond motifs is 3. The summed E-state index contributed by atoms with van der Waals surface area (Å²) in [6.07, 6.45) is 4.84. The van der Waals surface area contributed by atoms with E-state index in [1.165, 1.54) is 15.9 Å². The Morgan fingerprint density at radius 1 is 0.800 bits per heavy atom. The zero-order valence-electron chi connectivity index (χ0n) is 37.9. The maximum atomic E-state index is 15.0. The molecule has 0 unspecified atom stereocenters. The van der Waals surface area contributed by atoms with Gasteiger partial charge in [-0.15, -0.1) is 0 Å². The summed E-state index contributed by atoms with van der Waals surface area (Å²) in [7, 11) is -4.11. The molecule has 65 heavy (non-hydrogen) atoms. The van der Waals surface area contributed by atoms with Gasteiger partial charge in [0.15, 0.2) is 0 Å². The Balaban J connectivity index is 1.08. The summed E-state index contributed by atoms with van der Waals surface area (Å²) in [6.45, 7) is 9.56. The van der Waals surface area contributed by atoms with Crippen LogP contribution in [0.2, 0.25) is 11.4 Å². The number of carbonyl (C=O) groups is 2. The second-order valence-corrected chi connectivity index (χ2v) is 23.8. The Morgan fingerprint density at radius 2 is 1.42 bits per heavy atom. The molecular formula is C55H61BN2O6Si. The average Bonchev–Trinajstić information content (AvgIpc) is 3.57. The number of rotatable bonds is 13. The van der Waals surface area contributed by atoms with E-state index in [1.54, 1.807) is 17.0 Å². The number of amides is 2. The Morgan fingerprint density at radius 3 is 2.03 bits per heavy atom. The van der Waals surface area contributed by atoms with E-state index < -0.39 is 33.4 Å². The lowest BCUT2D eigenvalue weighted by Crippen LogP contribution is -2.66. The maximum Gasteiger partial charge on any atom is 0.455 e. The first-order valence-electron chi connectivity index (χ1n) is 23.5. The number of hydrogen-bond acceptors (Lipinski definition) is 7. The van der Waals surface area contributed by atoms with Crippen molar-refractivity contribution in [2.75, 3.05) is 19.7 Å². The monoisotopic (exact) mass is 884 g/mol. The van der Waals surface area contributed by atoms with Crippen molar-refractivity contribution in [3.05, 3.63) is 173 Å². The van der Waals surface area contributed by atoms with Crippen LogP contribution >= 0.6 is 0 Å². The smallest absolute Gasteiger partial charge is 0.455 e. The van der Waals surface area contributed by atoms with Gasteiger partial charge < -0.3 is 19.2 Å². The molecule has 3 aliphatic heterocycles. The van der Waals surface area contributed by atoms with Gasteiger partial charge >= 0.3 is 7.12 Å². The van der Waals surface area contributed by atoms with Crippen molar-refractivity contribution < 1.29 is 28.8 Å². The lowest BCUT2D eigenvalue weighted by Gasteiger charge is -2.46. The summed E-state index contributed by atoms with van der Waals surface area (Å²) in [5, 5.41) is 24.0. The van der Waals surface area contributed by atoms with Crippen molar-refractivity contribution in [1.29, 1.82) is 0 Å². The van der Waals surface area contributed by atoms with Crippen LogP contribution in [0, 0.1) is 17.8 Å². The summed E-state index contributed by atoms with van der Waals surface area (Å²) in [4.78, 5) is 33.9. The van der Waals surface area contributed by atoms with Gasteiger partial charge in [-0.1, -0.05) is 160 Å². The number of allylic oxidation sites excluding steroid dienone is 1. The fourth-order valence-corrected chi connectivity index (χ4v) is 16.0. The third-order valence-electron chi connectivity index (χ3n) is 14.4. The van der Waals surface area contributed by atoms with Crippen molar-refractivity contribution in [2.24, 2.45) is 17.8 Å². The number of likely N-dealkylation sites (tertiary alicyclic amines) is 2. The van der Waals surface area contributed by atoms with Gasteiger partial charge in [0.25, 0.3) is 8.32 Å². The average molecular weight is 885 g/mol. The minimum Gasteiger partial charge on any atom is -0.508 e. The molecule has 5 aromatic carbocycles. The lowest BCUT2D eigenvalue weighted by molar-refractivity contribution is -0.144. The number of phenolic OH excluding ortho intramolecular Hbond substituents is 1. The number of phenols is 1. The number of benzene rings is 5. The largest absolute Gasteiger partial charge is 0.508 e. The van der Waals surface area contributed by atoms with E-state index in [-0.39, 0.29) is 47.5 Å². The minimum absolute atomic E-state index is 0.0820. The van der Waals surface area contributed by atoms with E-state index in [4.69, 9.17) is 9.08 Å². The van der Waals surface area contributed by atoms with Gasteiger partial charge in [-0.25, -0.2) is 0 Å². The minimum atomic E-state index is -3.01. The first-order valence-corrected chi connectivity index (χ1v) is 25.4. The van der Waals surface area contributed by atoms with Gasteiger partial charge in [0, 0.05) is 25.7 Å². The van der Waals surface area contributed by atoms with Crippen LogP contribution in [0.1, 0.15) is 69.6 Å². The molecule has 4 aliphatic rings. The second-order valence-electron chi connectivity index (χ2n) is 19.5. The summed E-state index contributed by atoms with van der Waals surface area (Å²) in [5.74, 6) is -1.47. The molecule has 3 heterocycles. The quantitative estimate of drug-likeness (QED) is 0.0529. The van der Waals surface area contributed by atoms with Gasteiger partial charge in [-0.2, -0.15) is 0 Å². The molecule has 5 aromatic rings. The molecule has 1 aliphatic carbocycles. The van der Waals surface area contributed by atoms with Crippen molar-refractivity contribution in [2.45, 2.75) is 82.9 Å². The predicted octanol–water partition coefficient (Wildman–Crippen LogP) is 8.75. The number of carbonyl (C=O) groups excluding carboxylic acids is 2. The molecule has 4 atom stereocenters. The van der Waals surface area contributed by atoms with Gasteiger partial charge in [0.2, 0.25) is 11.8 Å². The second kappa shape index (κ2) is 19.2. The number of nitrogens with zero attached hydrogens (tertiary/aromatic N) is 2. The predicted molar refractivity (Wildman–Crippen MR) is 262 cm³/mol. The van der Waals surface area contributed by atoms with Gasteiger partial charge in [-0.05, 0) is 105 Å². The van der Waals surface area contributed by atoms with Crippen molar-refractivity contribution in [3.8, 4) is 5.75 Å². The molecule has 0 spiro atoms. The van der Waals surface area contributed by atoms with Crippen LogP contribution in [0.5, 0.6) is 5.75 Å². The fourth-order valence-electron chi connectivity index (χ4n) is 11.5. The normalized spacial score (nSPS) is 22.3. The standard InChI is InChI=1S/C55H61BN2O6Si/c1-55(2,3)65(46-23-12-6-13-24-46,47-25-14-7-15-26-47)63-38-43-35-48-52(54(61)58(53(48)60)44-29-31-57(32-30-44)37-39-17-8-4-9-18-39)49-36-56(62)64-50(51(43)49)28-27-42(41-20-10-5-11-21-41)33-40-19-16-22-45(59)34-40/h4-26,33-34,44,48-50,52,59,62H,27-32,35-38H2,1-3H3/b42-33-/t48-,49+,50-,52-/m1/s1. The molecule has 3 saturated heterocycles. The number of hydrogen-bond donors (Lipinski definition) is 2. The Kier molecular flexibility index (Phi) is 13.3. The summed E-state index contributed by atoms with van der Waals surface area (Å²) in [6, 6.07) is 49.0. The zero-order valence-corrected chi connectivity index (χ0v) is 38.9. The summed E-state index contributed by atoms with van der Waals surface area (Å²) in [5.41, 5.74) is 6.29. The van der Waals surface area contributed by atoms with Crippen LogP contribution in [-0.4, -0.2) is 79.0 Å². The Labute approximate surface area is 385 Å². The third kappa shape index (κ3) is 9.25. The van der Waals surface area contributed by atoms with E-state index in [0.29, 0.717) is 19.3 Å². The van der Waals surface area contributed by atoms with E-state index >= 15 is 0 Å². The molecule has 0 bridgehead atoms. The first-order chi connectivity index (χ1) is 31.5. The van der Waals surface area contributed by atoms with Crippen molar-refractivity contribution >= 4 is 49.3 Å². The topological polar surface area (TPSA) is 99.5 Å². The molecule has 0 radical (unpaired) electrons. The molecular weight excluding hydrogens is 824 g/mol. The number of imide groups is 1. The first kappa shape index (κ1) is 44.8. The third-order valence-corrected chi connectivity index (χ3v) is 19.4. The molecule has 10 heteroatoms. The molecule has 8 nitrogen and oxygen atoms in total. The van der Waals surface area contributed by atoms with Gasteiger partial charge in [-0.3, -0.25) is 19.4 Å². The molecule has 3 fully saturated rings. The van der Waals surface area contributed by atoms with Crippen LogP contribution < -0.4 is 10.4 Å². The maximum absolute atomic E-state index is 15.0. The molecule has 2 N–H and O–H groups in total. The van der Waals surface area contributed by atoms with E-state index in [2.05, 4.69) is 117 Å². The van der Waals surface area contributed by atoms with Crippen molar-refractivity contribution in [1.82, 2.24) is 9.80 Å². The zero-order chi connectivity index (χ0) is 45.1.